The molecule has 0 aliphatic rings. The van der Waals surface area contributed by atoms with Crippen molar-refractivity contribution < 1.29 is 10.0 Å². The largest absolute Gasteiger partial charge is 0.392 e. The Morgan fingerprint density at radius 1 is 0.964 bits per heavy atom. The van der Waals surface area contributed by atoms with E-state index in [2.05, 4.69) is 20.8 Å². The van der Waals surface area contributed by atoms with Gasteiger partial charge >= 0.3 is 0 Å². The topological polar surface area (TPSA) is 112 Å². The summed E-state index contributed by atoms with van der Waals surface area (Å²) < 4.78 is 0. The van der Waals surface area contributed by atoms with Crippen molar-refractivity contribution >= 4 is 22.9 Å². The predicted molar refractivity (Wildman–Crippen MR) is 107 cm³/mol. The minimum absolute atomic E-state index is 0.0156. The van der Waals surface area contributed by atoms with Crippen molar-refractivity contribution in [3.8, 4) is 0 Å². The number of hydrogen-bond donors (Lipinski definition) is 2. The van der Waals surface area contributed by atoms with Crippen LogP contribution in [0.2, 0.25) is 0 Å². The fourth-order valence-corrected chi connectivity index (χ4v) is 2.36. The maximum absolute atomic E-state index is 10.7. The van der Waals surface area contributed by atoms with Crippen molar-refractivity contribution in [2.24, 2.45) is 15.3 Å². The maximum atomic E-state index is 10.7. The number of non-ortho nitro benzene ring substituents is 1. The van der Waals surface area contributed by atoms with Crippen LogP contribution in [0.5, 0.6) is 0 Å². The second kappa shape index (κ2) is 9.15. The lowest BCUT2D eigenvalue weighted by molar-refractivity contribution is -0.384. The molecule has 0 amide bonds. The van der Waals surface area contributed by atoms with Crippen LogP contribution in [0.3, 0.4) is 0 Å². The summed E-state index contributed by atoms with van der Waals surface area (Å²) >= 11 is 0. The van der Waals surface area contributed by atoms with E-state index < -0.39 is 4.92 Å². The zero-order valence-electron chi connectivity index (χ0n) is 14.8. The van der Waals surface area contributed by atoms with E-state index >= 15 is 0 Å². The van der Waals surface area contributed by atoms with Gasteiger partial charge in [-0.3, -0.25) is 15.5 Å². The number of nitro benzene ring substituents is 1. The number of nitrogens with one attached hydrogen (secondary N) is 1. The van der Waals surface area contributed by atoms with Crippen LogP contribution in [0.15, 0.2) is 94.2 Å². The molecule has 140 valence electrons. The van der Waals surface area contributed by atoms with Gasteiger partial charge in [0.1, 0.15) is 0 Å². The van der Waals surface area contributed by atoms with E-state index in [1.807, 2.05) is 42.5 Å². The normalized spacial score (nSPS) is 11.5. The Balaban J connectivity index is 1.88. The number of benzene rings is 3. The number of azo groups is 1. The van der Waals surface area contributed by atoms with E-state index in [9.17, 15) is 15.2 Å². The predicted octanol–water partition coefficient (Wildman–Crippen LogP) is 4.64. The highest BCUT2D eigenvalue weighted by atomic mass is 16.6. The van der Waals surface area contributed by atoms with Crippen molar-refractivity contribution in [2.75, 3.05) is 5.43 Å². The molecule has 0 atom stereocenters. The number of anilines is 1. The van der Waals surface area contributed by atoms with Gasteiger partial charge in [-0.25, -0.2) is 0 Å². The summed E-state index contributed by atoms with van der Waals surface area (Å²) in [6.45, 7) is -0.121. The molecule has 8 heteroatoms. The number of rotatable bonds is 6. The molecule has 0 aliphatic carbocycles. The molecule has 0 spiro atoms. The van der Waals surface area contributed by atoms with Gasteiger partial charge in [-0.1, -0.05) is 48.5 Å². The van der Waals surface area contributed by atoms with E-state index in [4.69, 9.17) is 0 Å². The first-order valence-corrected chi connectivity index (χ1v) is 8.41. The molecule has 3 aromatic rings. The smallest absolute Gasteiger partial charge is 0.269 e. The van der Waals surface area contributed by atoms with Crippen LogP contribution in [0.4, 0.5) is 17.1 Å². The van der Waals surface area contributed by atoms with Gasteiger partial charge in [-0.05, 0) is 18.2 Å². The zero-order valence-corrected chi connectivity index (χ0v) is 14.8. The molecule has 0 radical (unpaired) electrons. The van der Waals surface area contributed by atoms with Gasteiger partial charge in [0.05, 0.1) is 22.9 Å². The van der Waals surface area contributed by atoms with Crippen molar-refractivity contribution in [1.29, 1.82) is 0 Å². The standard InChI is InChI=1S/C20H17N5O3/c26-14-16-8-4-5-9-19(16)22-24-20(15-6-2-1-3-7-15)23-21-17-10-12-18(13-11-17)25(27)28/h1-13,22,26H,14H2/b23-21+,24-20-. The van der Waals surface area contributed by atoms with E-state index in [-0.39, 0.29) is 12.3 Å². The summed E-state index contributed by atoms with van der Waals surface area (Å²) in [5.74, 6) is 0.326. The Labute approximate surface area is 161 Å². The highest BCUT2D eigenvalue weighted by Gasteiger charge is 2.06. The van der Waals surface area contributed by atoms with Crippen molar-refractivity contribution in [2.45, 2.75) is 6.61 Å². The summed E-state index contributed by atoms with van der Waals surface area (Å²) in [5, 5.41) is 32.8. The van der Waals surface area contributed by atoms with Gasteiger partial charge in [0, 0.05) is 23.3 Å². The Hall–Kier alpha value is -3.91. The number of hydrogen-bond acceptors (Lipinski definition) is 6. The Bertz CT molecular complexity index is 1000. The second-order valence-electron chi connectivity index (χ2n) is 5.70. The fourth-order valence-electron chi connectivity index (χ4n) is 2.36. The molecule has 0 heterocycles. The molecular formula is C20H17N5O3. The van der Waals surface area contributed by atoms with Crippen LogP contribution in [0.1, 0.15) is 11.1 Å². The molecule has 3 rings (SSSR count). The third-order valence-corrected chi connectivity index (χ3v) is 3.82. The number of nitro groups is 1. The Morgan fingerprint density at radius 2 is 1.64 bits per heavy atom. The van der Waals surface area contributed by atoms with Crippen molar-refractivity contribution in [3.63, 3.8) is 0 Å². The first-order chi connectivity index (χ1) is 13.7. The minimum atomic E-state index is -0.472. The van der Waals surface area contributed by atoms with Crippen LogP contribution in [-0.2, 0) is 6.61 Å². The Kier molecular flexibility index (Phi) is 6.17. The SMILES string of the molecule is O=[N+]([O-])c1ccc(/N=N/C(=N\Nc2ccccc2CO)c2ccccc2)cc1. The number of nitrogens with zero attached hydrogens (tertiary/aromatic N) is 4. The number of aliphatic hydroxyl groups is 1. The lowest BCUT2D eigenvalue weighted by atomic mass is 10.2. The lowest BCUT2D eigenvalue weighted by Crippen LogP contribution is -2.02. The number of hydrazone groups is 1. The lowest BCUT2D eigenvalue weighted by Gasteiger charge is -2.07. The van der Waals surface area contributed by atoms with Gasteiger partial charge in [0.25, 0.3) is 5.69 Å². The average Bonchev–Trinajstić information content (AvgIpc) is 2.75. The maximum Gasteiger partial charge on any atom is 0.269 e. The van der Waals surface area contributed by atoms with Crippen molar-refractivity contribution in [3.05, 3.63) is 100 Å². The van der Waals surface area contributed by atoms with Gasteiger partial charge in [-0.2, -0.15) is 5.10 Å². The molecule has 8 nitrogen and oxygen atoms in total. The van der Waals surface area contributed by atoms with Gasteiger partial charge in [-0.15, -0.1) is 10.2 Å². The molecule has 0 aromatic heterocycles. The molecule has 0 saturated heterocycles. The zero-order chi connectivity index (χ0) is 19.8. The highest BCUT2D eigenvalue weighted by Crippen LogP contribution is 2.19. The molecule has 2 N–H and O–H groups in total. The van der Waals surface area contributed by atoms with Crippen LogP contribution in [-0.4, -0.2) is 15.9 Å². The highest BCUT2D eigenvalue weighted by molar-refractivity contribution is 5.99. The van der Waals surface area contributed by atoms with E-state index in [1.54, 1.807) is 12.1 Å². The molecule has 0 unspecified atom stereocenters. The summed E-state index contributed by atoms with van der Waals surface area (Å²) in [6.07, 6.45) is 0. The fraction of sp³-hybridized carbons (Fsp3) is 0.0500. The monoisotopic (exact) mass is 375 g/mol. The van der Waals surface area contributed by atoms with Crippen LogP contribution in [0, 0.1) is 10.1 Å². The quantitative estimate of drug-likeness (QED) is 0.215. The average molecular weight is 375 g/mol. The van der Waals surface area contributed by atoms with E-state index in [1.165, 1.54) is 24.3 Å². The molecule has 3 aromatic carbocycles. The summed E-state index contributed by atoms with van der Waals surface area (Å²) in [4.78, 5) is 10.3. The van der Waals surface area contributed by atoms with E-state index in [0.717, 1.165) is 5.56 Å². The molecule has 0 fully saturated rings. The third-order valence-electron chi connectivity index (χ3n) is 3.82. The Morgan fingerprint density at radius 3 is 2.32 bits per heavy atom. The molecule has 0 bridgehead atoms. The summed E-state index contributed by atoms with van der Waals surface area (Å²) in [5.41, 5.74) is 5.45. The summed E-state index contributed by atoms with van der Waals surface area (Å²) in [7, 11) is 0. The van der Waals surface area contributed by atoms with Crippen LogP contribution < -0.4 is 5.43 Å². The number of para-hydroxylation sites is 1. The molecular weight excluding hydrogens is 358 g/mol. The van der Waals surface area contributed by atoms with Crippen LogP contribution in [0.25, 0.3) is 0 Å². The molecule has 0 aliphatic heterocycles. The van der Waals surface area contributed by atoms with Gasteiger partial charge in [0.2, 0.25) is 5.84 Å². The molecule has 28 heavy (non-hydrogen) atoms. The van der Waals surface area contributed by atoms with Crippen molar-refractivity contribution in [1.82, 2.24) is 0 Å². The number of aliphatic hydroxyl groups excluding tert-OH is 1. The van der Waals surface area contributed by atoms with Gasteiger partial charge < -0.3 is 5.11 Å². The van der Waals surface area contributed by atoms with E-state index in [0.29, 0.717) is 22.8 Å². The first-order valence-electron chi connectivity index (χ1n) is 8.41. The summed E-state index contributed by atoms with van der Waals surface area (Å²) in [6, 6.07) is 22.3. The van der Waals surface area contributed by atoms with Crippen LogP contribution >= 0.6 is 0 Å². The first kappa shape index (κ1) is 18.9. The molecule has 0 saturated carbocycles. The number of amidine groups is 1. The van der Waals surface area contributed by atoms with Gasteiger partial charge in [0.15, 0.2) is 0 Å². The minimum Gasteiger partial charge on any atom is -0.392 e. The third kappa shape index (κ3) is 4.83. The second-order valence-corrected chi connectivity index (χ2v) is 5.70.